The molecule has 0 atom stereocenters. The maximum atomic E-state index is 11.7. The van der Waals surface area contributed by atoms with E-state index in [0.717, 1.165) is 12.8 Å². The lowest BCUT2D eigenvalue weighted by Gasteiger charge is -2.14. The second-order valence-corrected chi connectivity index (χ2v) is 3.81. The van der Waals surface area contributed by atoms with Crippen molar-refractivity contribution in [3.05, 3.63) is 0 Å². The van der Waals surface area contributed by atoms with Crippen molar-refractivity contribution in [3.63, 3.8) is 0 Å². The predicted molar refractivity (Wildman–Crippen MR) is 44.6 cm³/mol. The van der Waals surface area contributed by atoms with Gasteiger partial charge < -0.3 is 5.32 Å². The molecule has 1 amide bonds. The topological polar surface area (TPSA) is 29.1 Å². The molecular weight excluding hydrogens is 251 g/mol. The van der Waals surface area contributed by atoms with Gasteiger partial charge in [-0.05, 0) is 12.8 Å². The molecule has 1 aliphatic carbocycles. The Labute approximate surface area is 82.0 Å². The Kier molecular flexibility index (Phi) is 2.89. The van der Waals surface area contributed by atoms with Crippen LogP contribution in [0.4, 0.5) is 13.2 Å². The van der Waals surface area contributed by atoms with E-state index in [-0.39, 0.29) is 0 Å². The van der Waals surface area contributed by atoms with Crippen molar-refractivity contribution in [2.24, 2.45) is 0 Å². The molecule has 1 saturated carbocycles. The van der Waals surface area contributed by atoms with Gasteiger partial charge in [0, 0.05) is 10.9 Å². The minimum absolute atomic E-state index is 0.400. The van der Waals surface area contributed by atoms with Gasteiger partial charge in [-0.15, -0.1) is 0 Å². The molecule has 0 aromatic rings. The third-order valence-corrected chi connectivity index (χ3v) is 2.95. The summed E-state index contributed by atoms with van der Waals surface area (Å²) in [6.07, 6.45) is -4.29. The van der Waals surface area contributed by atoms with E-state index in [0.29, 0.717) is 5.33 Å². The van der Waals surface area contributed by atoms with Crippen molar-refractivity contribution in [2.75, 3.05) is 5.33 Å². The van der Waals surface area contributed by atoms with E-state index in [1.807, 2.05) is 0 Å². The van der Waals surface area contributed by atoms with E-state index in [2.05, 4.69) is 21.2 Å². The van der Waals surface area contributed by atoms with Gasteiger partial charge in [0.05, 0.1) is 0 Å². The smallest absolute Gasteiger partial charge is 0.350 e. The number of amides is 1. The van der Waals surface area contributed by atoms with Gasteiger partial charge in [-0.2, -0.15) is 13.2 Å². The van der Waals surface area contributed by atoms with Crippen LogP contribution in [0.25, 0.3) is 0 Å². The number of alkyl halides is 4. The molecule has 1 rings (SSSR count). The number of hydrogen-bond donors (Lipinski definition) is 1. The number of halogens is 4. The first-order valence-electron chi connectivity index (χ1n) is 3.81. The summed E-state index contributed by atoms with van der Waals surface area (Å²) < 4.78 is 35.2. The lowest BCUT2D eigenvalue weighted by molar-refractivity contribution is -0.154. The number of carbonyl (C=O) groups is 1. The average Bonchev–Trinajstić information content (AvgIpc) is 2.65. The first-order valence-corrected chi connectivity index (χ1v) is 4.93. The number of rotatable bonds is 3. The lowest BCUT2D eigenvalue weighted by Crippen LogP contribution is -2.40. The van der Waals surface area contributed by atoms with E-state index in [1.54, 1.807) is 0 Å². The molecule has 0 saturated heterocycles. The molecule has 0 radical (unpaired) electrons. The molecule has 1 aliphatic rings. The van der Waals surface area contributed by atoms with Crippen LogP contribution < -0.4 is 5.32 Å². The second kappa shape index (κ2) is 3.48. The molecule has 1 fully saturated rings. The molecule has 0 spiro atoms. The Balaban J connectivity index is 2.34. The first kappa shape index (κ1) is 10.8. The zero-order valence-corrected chi connectivity index (χ0v) is 8.33. The molecule has 6 heteroatoms. The number of carbonyl (C=O) groups excluding carboxylic acids is 1. The highest BCUT2D eigenvalue weighted by Crippen LogP contribution is 2.37. The van der Waals surface area contributed by atoms with Crippen LogP contribution in [0.3, 0.4) is 0 Å². The predicted octanol–water partition coefficient (Wildman–Crippen LogP) is 1.98. The minimum Gasteiger partial charge on any atom is -0.350 e. The van der Waals surface area contributed by atoms with Crippen LogP contribution in [0.2, 0.25) is 0 Å². The number of nitrogens with one attached hydrogen (secondary N) is 1. The highest BCUT2D eigenvalue weighted by Gasteiger charge is 2.44. The Morgan fingerprint density at radius 2 is 2.00 bits per heavy atom. The van der Waals surface area contributed by atoms with Crippen LogP contribution in [-0.4, -0.2) is 23.0 Å². The van der Waals surface area contributed by atoms with E-state index in [4.69, 9.17) is 0 Å². The van der Waals surface area contributed by atoms with Crippen LogP contribution in [0, 0.1) is 0 Å². The largest absolute Gasteiger partial charge is 0.397 e. The zero-order chi connectivity index (χ0) is 10.1. The molecule has 76 valence electrons. The van der Waals surface area contributed by atoms with Gasteiger partial charge in [-0.25, -0.2) is 0 Å². The molecule has 0 heterocycles. The van der Waals surface area contributed by atoms with E-state index >= 15 is 0 Å². The fourth-order valence-corrected chi connectivity index (χ4v) is 1.67. The lowest BCUT2D eigenvalue weighted by atomic mass is 10.3. The summed E-state index contributed by atoms with van der Waals surface area (Å²) >= 11 is 3.15. The Bertz CT molecular complexity index is 212. The zero-order valence-electron chi connectivity index (χ0n) is 6.75. The molecule has 13 heavy (non-hydrogen) atoms. The summed E-state index contributed by atoms with van der Waals surface area (Å²) in [6, 6.07) is 0. The standard InChI is InChI=1S/C7H9BrF3NO/c8-4-6(1-2-6)12-5(13)3-7(9,10)11/h1-4H2,(H,12,13). The Morgan fingerprint density at radius 1 is 1.46 bits per heavy atom. The van der Waals surface area contributed by atoms with Crippen molar-refractivity contribution >= 4 is 21.8 Å². The summed E-state index contributed by atoms with van der Waals surface area (Å²) in [5.74, 6) is -0.940. The highest BCUT2D eigenvalue weighted by molar-refractivity contribution is 9.09. The van der Waals surface area contributed by atoms with Crippen LogP contribution in [0.5, 0.6) is 0 Å². The second-order valence-electron chi connectivity index (χ2n) is 3.25. The summed E-state index contributed by atoms with van der Waals surface area (Å²) in [5.41, 5.74) is -0.400. The van der Waals surface area contributed by atoms with Crippen molar-refractivity contribution < 1.29 is 18.0 Å². The summed E-state index contributed by atoms with van der Waals surface area (Å²) in [4.78, 5) is 10.8. The van der Waals surface area contributed by atoms with E-state index in [1.165, 1.54) is 0 Å². The first-order chi connectivity index (χ1) is 5.87. The SMILES string of the molecule is O=C(CC(F)(F)F)NC1(CBr)CC1. The van der Waals surface area contributed by atoms with Gasteiger partial charge in [0.2, 0.25) is 5.91 Å². The molecule has 2 nitrogen and oxygen atoms in total. The molecule has 0 unspecified atom stereocenters. The van der Waals surface area contributed by atoms with Crippen molar-refractivity contribution in [1.82, 2.24) is 5.32 Å². The van der Waals surface area contributed by atoms with Gasteiger partial charge in [0.15, 0.2) is 0 Å². The van der Waals surface area contributed by atoms with Gasteiger partial charge in [0.1, 0.15) is 6.42 Å². The number of hydrogen-bond acceptors (Lipinski definition) is 1. The third kappa shape index (κ3) is 3.54. The maximum Gasteiger partial charge on any atom is 0.397 e. The molecule has 1 N–H and O–H groups in total. The van der Waals surface area contributed by atoms with E-state index in [9.17, 15) is 18.0 Å². The molecule has 0 aromatic heterocycles. The fraction of sp³-hybridized carbons (Fsp3) is 0.857. The van der Waals surface area contributed by atoms with Crippen LogP contribution in [0.1, 0.15) is 19.3 Å². The fourth-order valence-electron chi connectivity index (χ4n) is 0.965. The monoisotopic (exact) mass is 259 g/mol. The molecular formula is C7H9BrF3NO. The summed E-state index contributed by atoms with van der Waals surface area (Å²) in [7, 11) is 0. The minimum atomic E-state index is -4.41. The van der Waals surface area contributed by atoms with Crippen LogP contribution >= 0.6 is 15.9 Å². The third-order valence-electron chi connectivity index (χ3n) is 1.87. The van der Waals surface area contributed by atoms with Crippen LogP contribution in [-0.2, 0) is 4.79 Å². The van der Waals surface area contributed by atoms with Gasteiger partial charge in [-0.3, -0.25) is 4.79 Å². The van der Waals surface area contributed by atoms with Crippen molar-refractivity contribution in [1.29, 1.82) is 0 Å². The maximum absolute atomic E-state index is 11.7. The Hall–Kier alpha value is -0.260. The highest BCUT2D eigenvalue weighted by atomic mass is 79.9. The Morgan fingerprint density at radius 3 is 2.31 bits per heavy atom. The van der Waals surface area contributed by atoms with Crippen molar-refractivity contribution in [3.8, 4) is 0 Å². The quantitative estimate of drug-likeness (QED) is 0.772. The molecule has 0 aliphatic heterocycles. The summed E-state index contributed by atoms with van der Waals surface area (Å²) in [5, 5.41) is 2.89. The molecule has 0 bridgehead atoms. The van der Waals surface area contributed by atoms with Crippen LogP contribution in [0.15, 0.2) is 0 Å². The normalized spacial score (nSPS) is 19.7. The van der Waals surface area contributed by atoms with E-state index < -0.39 is 24.0 Å². The van der Waals surface area contributed by atoms with Crippen molar-refractivity contribution in [2.45, 2.75) is 31.0 Å². The molecule has 0 aromatic carbocycles. The average molecular weight is 260 g/mol. The van der Waals surface area contributed by atoms with Gasteiger partial charge in [-0.1, -0.05) is 15.9 Å². The van der Waals surface area contributed by atoms with Gasteiger partial charge >= 0.3 is 6.18 Å². The van der Waals surface area contributed by atoms with Gasteiger partial charge in [0.25, 0.3) is 0 Å². The summed E-state index contributed by atoms with van der Waals surface area (Å²) in [6.45, 7) is 0.